The van der Waals surface area contributed by atoms with E-state index >= 15 is 0 Å². The smallest absolute Gasteiger partial charge is 0.304 e. The number of carboxylic acids is 1. The molecule has 1 aliphatic heterocycles. The highest BCUT2D eigenvalue weighted by Gasteiger charge is 2.32. The second-order valence-corrected chi connectivity index (χ2v) is 8.13. The molecule has 1 N–H and O–H groups in total. The highest BCUT2D eigenvalue weighted by atomic mass is 19.1. The molecule has 33 heavy (non-hydrogen) atoms. The van der Waals surface area contributed by atoms with E-state index in [9.17, 15) is 9.18 Å². The second-order valence-electron chi connectivity index (χ2n) is 8.13. The minimum Gasteiger partial charge on any atom is -0.492 e. The number of hydrogen-bond donors (Lipinski definition) is 1. The normalized spacial score (nSPS) is 18.1. The number of ether oxygens (including phenoxy) is 3. The van der Waals surface area contributed by atoms with Crippen molar-refractivity contribution in [3.05, 3.63) is 82.7 Å². The fraction of sp³-hybridized carbons (Fsp3) is 0.231. The summed E-state index contributed by atoms with van der Waals surface area (Å²) in [5, 5.41) is 18.0. The highest BCUT2D eigenvalue weighted by Crippen LogP contribution is 2.44. The third-order valence-electron chi connectivity index (χ3n) is 6.01. The predicted molar refractivity (Wildman–Crippen MR) is 116 cm³/mol. The van der Waals surface area contributed by atoms with Crippen LogP contribution in [-0.2, 0) is 11.2 Å². The van der Waals surface area contributed by atoms with Crippen molar-refractivity contribution in [3.63, 3.8) is 0 Å². The molecule has 2 aliphatic rings. The van der Waals surface area contributed by atoms with Crippen molar-refractivity contribution >= 4 is 5.97 Å². The summed E-state index contributed by atoms with van der Waals surface area (Å²) in [6, 6.07) is 17.1. The summed E-state index contributed by atoms with van der Waals surface area (Å²) >= 11 is 0. The molecule has 0 spiro atoms. The van der Waals surface area contributed by atoms with Crippen LogP contribution in [0.25, 0.3) is 0 Å². The molecule has 0 fully saturated rings. The minimum absolute atomic E-state index is 0.0103. The summed E-state index contributed by atoms with van der Waals surface area (Å²) in [6.07, 6.45) is 0.736. The van der Waals surface area contributed by atoms with E-state index in [1.807, 2.05) is 6.07 Å². The highest BCUT2D eigenvalue weighted by molar-refractivity contribution is 5.68. The van der Waals surface area contributed by atoms with E-state index in [1.54, 1.807) is 42.5 Å². The molecule has 3 aromatic rings. The third-order valence-corrected chi connectivity index (χ3v) is 6.01. The number of halogens is 1. The van der Waals surface area contributed by atoms with Gasteiger partial charge in [0.2, 0.25) is 0 Å². The predicted octanol–water partition coefficient (Wildman–Crippen LogP) is 5.51. The lowest BCUT2D eigenvalue weighted by Gasteiger charge is -2.17. The number of nitriles is 1. The second kappa shape index (κ2) is 8.47. The zero-order valence-corrected chi connectivity index (χ0v) is 17.6. The first kappa shape index (κ1) is 20.8. The van der Waals surface area contributed by atoms with E-state index in [2.05, 4.69) is 6.07 Å². The van der Waals surface area contributed by atoms with Crippen LogP contribution < -0.4 is 14.2 Å². The number of hydrogen-bond acceptors (Lipinski definition) is 5. The van der Waals surface area contributed by atoms with Gasteiger partial charge in [0.15, 0.2) is 0 Å². The number of fused-ring (bicyclic) bond motifs is 2. The Bertz CT molecular complexity index is 1260. The summed E-state index contributed by atoms with van der Waals surface area (Å²) in [7, 11) is 0. The first-order valence-corrected chi connectivity index (χ1v) is 10.7. The summed E-state index contributed by atoms with van der Waals surface area (Å²) < 4.78 is 32.6. The Morgan fingerprint density at radius 2 is 1.94 bits per heavy atom. The maximum atomic E-state index is 14.8. The van der Waals surface area contributed by atoms with E-state index in [0.717, 1.165) is 11.1 Å². The van der Waals surface area contributed by atoms with Crippen molar-refractivity contribution in [1.82, 2.24) is 0 Å². The largest absolute Gasteiger partial charge is 0.492 e. The Labute approximate surface area is 189 Å². The van der Waals surface area contributed by atoms with Gasteiger partial charge in [-0.3, -0.25) is 4.79 Å². The summed E-state index contributed by atoms with van der Waals surface area (Å²) in [5.74, 6) is 0.885. The Morgan fingerprint density at radius 1 is 1.15 bits per heavy atom. The van der Waals surface area contributed by atoms with Crippen LogP contribution in [0.3, 0.4) is 0 Å². The van der Waals surface area contributed by atoms with Crippen molar-refractivity contribution in [3.8, 4) is 29.1 Å². The van der Waals surface area contributed by atoms with Crippen molar-refractivity contribution in [1.29, 1.82) is 5.26 Å². The van der Waals surface area contributed by atoms with E-state index < -0.39 is 12.1 Å². The van der Waals surface area contributed by atoms with Crippen molar-refractivity contribution in [2.45, 2.75) is 31.3 Å². The standard InChI is InChI=1S/C26H20FNO5/c27-21-8-10-22(32-17-3-1-15(13-28)2-4-17)20-7-9-23(26(20)21)33-18-5-6-19-16(11-25(29)30)14-31-24(19)12-18/h1-6,8,10,12,16,23H,7,9,11,14H2,(H,29,30)/t16-,23-/m1/s1. The van der Waals surface area contributed by atoms with Gasteiger partial charge in [-0.2, -0.15) is 5.26 Å². The van der Waals surface area contributed by atoms with Gasteiger partial charge in [-0.05, 0) is 55.3 Å². The van der Waals surface area contributed by atoms with Crippen LogP contribution in [0.15, 0.2) is 54.6 Å². The first-order chi connectivity index (χ1) is 16.0. The Kier molecular flexibility index (Phi) is 5.35. The maximum Gasteiger partial charge on any atom is 0.304 e. The monoisotopic (exact) mass is 445 g/mol. The van der Waals surface area contributed by atoms with Crippen LogP contribution in [0.1, 0.15) is 47.1 Å². The van der Waals surface area contributed by atoms with Crippen LogP contribution in [0.4, 0.5) is 4.39 Å². The molecular weight excluding hydrogens is 425 g/mol. The zero-order valence-electron chi connectivity index (χ0n) is 17.6. The topological polar surface area (TPSA) is 88.8 Å². The molecule has 3 aromatic carbocycles. The van der Waals surface area contributed by atoms with Gasteiger partial charge < -0.3 is 19.3 Å². The lowest BCUT2D eigenvalue weighted by Crippen LogP contribution is -2.07. The SMILES string of the molecule is N#Cc1ccc(Oc2ccc(F)c3c2CC[C@H]3Oc2ccc3c(c2)OC[C@H]3CC(=O)O)cc1. The average Bonchev–Trinajstić information content (AvgIpc) is 3.41. The van der Waals surface area contributed by atoms with Crippen molar-refractivity contribution in [2.75, 3.05) is 6.61 Å². The maximum absolute atomic E-state index is 14.8. The fourth-order valence-corrected chi connectivity index (χ4v) is 4.45. The van der Waals surface area contributed by atoms with Gasteiger partial charge in [-0.15, -0.1) is 0 Å². The van der Waals surface area contributed by atoms with E-state index in [1.165, 1.54) is 6.07 Å². The van der Waals surface area contributed by atoms with Gasteiger partial charge >= 0.3 is 5.97 Å². The number of carboxylic acid groups (broad SMARTS) is 1. The fourth-order valence-electron chi connectivity index (χ4n) is 4.45. The van der Waals surface area contributed by atoms with Gasteiger partial charge in [0.1, 0.15) is 34.9 Å². The van der Waals surface area contributed by atoms with Crippen LogP contribution in [0.2, 0.25) is 0 Å². The molecular formula is C26H20FNO5. The van der Waals surface area contributed by atoms with Gasteiger partial charge in [0.25, 0.3) is 0 Å². The van der Waals surface area contributed by atoms with E-state index in [4.69, 9.17) is 24.6 Å². The number of benzene rings is 3. The number of aliphatic carboxylic acids is 1. The lowest BCUT2D eigenvalue weighted by atomic mass is 9.98. The first-order valence-electron chi connectivity index (χ1n) is 10.7. The van der Waals surface area contributed by atoms with Gasteiger partial charge in [0.05, 0.1) is 24.7 Å². The van der Waals surface area contributed by atoms with Gasteiger partial charge in [-0.1, -0.05) is 6.07 Å². The Balaban J connectivity index is 1.36. The molecule has 0 aromatic heterocycles. The molecule has 166 valence electrons. The Morgan fingerprint density at radius 3 is 2.70 bits per heavy atom. The molecule has 0 bridgehead atoms. The number of nitrogens with zero attached hydrogens (tertiary/aromatic N) is 1. The summed E-state index contributed by atoms with van der Waals surface area (Å²) in [4.78, 5) is 11.0. The lowest BCUT2D eigenvalue weighted by molar-refractivity contribution is -0.137. The molecule has 2 atom stereocenters. The molecule has 5 rings (SSSR count). The van der Waals surface area contributed by atoms with E-state index in [-0.39, 0.29) is 18.2 Å². The molecule has 0 unspecified atom stereocenters. The minimum atomic E-state index is -0.867. The average molecular weight is 445 g/mol. The van der Waals surface area contributed by atoms with Crippen molar-refractivity contribution < 1.29 is 28.5 Å². The van der Waals surface area contributed by atoms with Crippen LogP contribution >= 0.6 is 0 Å². The molecule has 1 heterocycles. The number of carbonyl (C=O) groups is 1. The quantitative estimate of drug-likeness (QED) is 0.538. The number of rotatable bonds is 6. The summed E-state index contributed by atoms with van der Waals surface area (Å²) in [6.45, 7) is 0.321. The molecule has 6 nitrogen and oxygen atoms in total. The molecule has 7 heteroatoms. The molecule has 0 amide bonds. The van der Waals surface area contributed by atoms with Crippen LogP contribution in [0.5, 0.6) is 23.0 Å². The Hall–Kier alpha value is -4.05. The molecule has 0 saturated heterocycles. The van der Waals surface area contributed by atoms with E-state index in [0.29, 0.717) is 53.6 Å². The van der Waals surface area contributed by atoms with Gasteiger partial charge in [0, 0.05) is 28.7 Å². The molecule has 0 saturated carbocycles. The van der Waals surface area contributed by atoms with Crippen LogP contribution in [0, 0.1) is 17.1 Å². The van der Waals surface area contributed by atoms with Crippen LogP contribution in [-0.4, -0.2) is 17.7 Å². The van der Waals surface area contributed by atoms with Crippen molar-refractivity contribution in [2.24, 2.45) is 0 Å². The molecule has 0 radical (unpaired) electrons. The van der Waals surface area contributed by atoms with Gasteiger partial charge in [-0.25, -0.2) is 4.39 Å². The zero-order chi connectivity index (χ0) is 22.9. The summed E-state index contributed by atoms with van der Waals surface area (Å²) in [5.41, 5.74) is 2.63. The molecule has 1 aliphatic carbocycles. The third kappa shape index (κ3) is 4.08.